The SMILES string of the molecule is CCS(=O)(=O)c1ccc(Oc2cc(CC(=O)OC(=O)Cc3cc(Oc4ccc(S(=O)(=O)c5ccccc5)cc4Cl)cc(C(F)(F)F)c3)cc(C(F)(F)F)c2)c(F)c1. The predicted molar refractivity (Wildman–Crippen MR) is 189 cm³/mol. The molecule has 5 aromatic carbocycles. The van der Waals surface area contributed by atoms with Crippen LogP contribution < -0.4 is 9.47 Å². The number of rotatable bonds is 12. The maximum absolute atomic E-state index is 14.7. The average Bonchev–Trinajstić information content (AvgIpc) is 3.12. The van der Waals surface area contributed by atoms with Gasteiger partial charge in [-0.2, -0.15) is 26.3 Å². The van der Waals surface area contributed by atoms with Crippen LogP contribution in [0.4, 0.5) is 30.7 Å². The number of halogens is 8. The smallest absolute Gasteiger partial charge is 0.416 e. The van der Waals surface area contributed by atoms with Crippen molar-refractivity contribution in [2.24, 2.45) is 0 Å². The fourth-order valence-electron chi connectivity index (χ4n) is 5.15. The summed E-state index contributed by atoms with van der Waals surface area (Å²) in [6, 6.07) is 17.1. The Hall–Kier alpha value is -5.46. The Bertz CT molecular complexity index is 2560. The van der Waals surface area contributed by atoms with E-state index in [2.05, 4.69) is 4.74 Å². The molecule has 0 aliphatic rings. The fraction of sp³-hybridized carbons (Fsp3) is 0.158. The van der Waals surface area contributed by atoms with Gasteiger partial charge in [0.1, 0.15) is 17.2 Å². The molecule has 19 heteroatoms. The molecule has 5 aromatic rings. The van der Waals surface area contributed by atoms with E-state index < -0.39 is 101 Å². The Balaban J connectivity index is 1.32. The second-order valence-electron chi connectivity index (χ2n) is 12.0. The largest absolute Gasteiger partial charge is 0.456 e. The first-order chi connectivity index (χ1) is 26.5. The molecule has 57 heavy (non-hydrogen) atoms. The van der Waals surface area contributed by atoms with Crippen molar-refractivity contribution >= 4 is 43.2 Å². The van der Waals surface area contributed by atoms with Gasteiger partial charge >= 0.3 is 24.3 Å². The summed E-state index contributed by atoms with van der Waals surface area (Å²) in [7, 11) is -7.84. The third-order valence-electron chi connectivity index (χ3n) is 7.88. The molecule has 0 unspecified atom stereocenters. The summed E-state index contributed by atoms with van der Waals surface area (Å²) in [6.07, 6.45) is -11.9. The van der Waals surface area contributed by atoms with Gasteiger partial charge in [-0.3, -0.25) is 9.59 Å². The van der Waals surface area contributed by atoms with E-state index in [1.165, 1.54) is 31.2 Å². The molecule has 0 bridgehead atoms. The lowest BCUT2D eigenvalue weighted by Crippen LogP contribution is -2.17. The van der Waals surface area contributed by atoms with Gasteiger partial charge in [-0.25, -0.2) is 21.2 Å². The highest BCUT2D eigenvalue weighted by atomic mass is 35.5. The van der Waals surface area contributed by atoms with Crippen molar-refractivity contribution in [3.8, 4) is 23.0 Å². The van der Waals surface area contributed by atoms with Crippen molar-refractivity contribution in [1.29, 1.82) is 0 Å². The molecule has 0 radical (unpaired) electrons. The summed E-state index contributed by atoms with van der Waals surface area (Å²) in [5, 5.41) is -0.287. The Morgan fingerprint density at radius 1 is 0.614 bits per heavy atom. The molecular weight excluding hydrogens is 833 g/mol. The molecule has 0 aliphatic heterocycles. The van der Waals surface area contributed by atoms with Crippen LogP contribution in [0.15, 0.2) is 118 Å². The number of esters is 2. The first-order valence-corrected chi connectivity index (χ1v) is 19.7. The van der Waals surface area contributed by atoms with Crippen molar-refractivity contribution < 1.29 is 71.4 Å². The van der Waals surface area contributed by atoms with Gasteiger partial charge in [0, 0.05) is 0 Å². The molecule has 0 amide bonds. The molecule has 0 heterocycles. The van der Waals surface area contributed by atoms with E-state index in [9.17, 15) is 57.2 Å². The van der Waals surface area contributed by atoms with E-state index in [4.69, 9.17) is 21.1 Å². The summed E-state index contributed by atoms with van der Waals surface area (Å²) in [4.78, 5) is 24.7. The molecule has 0 aromatic heterocycles. The van der Waals surface area contributed by atoms with Crippen LogP contribution in [0.1, 0.15) is 29.2 Å². The number of carbonyl (C=O) groups excluding carboxylic acids is 2. The number of hydrogen-bond acceptors (Lipinski definition) is 9. The van der Waals surface area contributed by atoms with Crippen molar-refractivity contribution in [2.75, 3.05) is 5.75 Å². The molecule has 0 saturated heterocycles. The minimum absolute atomic E-state index is 0.0423. The maximum atomic E-state index is 14.7. The zero-order valence-corrected chi connectivity index (χ0v) is 31.3. The van der Waals surface area contributed by atoms with E-state index in [0.29, 0.717) is 30.3 Å². The number of hydrogen-bond donors (Lipinski definition) is 0. The van der Waals surface area contributed by atoms with Gasteiger partial charge in [0.05, 0.1) is 49.4 Å². The summed E-state index contributed by atoms with van der Waals surface area (Å²) >= 11 is 6.24. The maximum Gasteiger partial charge on any atom is 0.416 e. The van der Waals surface area contributed by atoms with E-state index in [-0.39, 0.29) is 31.9 Å². The van der Waals surface area contributed by atoms with Gasteiger partial charge in [0.15, 0.2) is 21.4 Å². The summed E-state index contributed by atoms with van der Waals surface area (Å²) in [5.74, 6) is -6.38. The van der Waals surface area contributed by atoms with Crippen LogP contribution in [0.25, 0.3) is 0 Å². The number of sulfone groups is 2. The highest BCUT2D eigenvalue weighted by molar-refractivity contribution is 7.91. The zero-order valence-electron chi connectivity index (χ0n) is 29.0. The monoisotopic (exact) mass is 858 g/mol. The molecule has 9 nitrogen and oxygen atoms in total. The molecule has 5 rings (SSSR count). The number of ether oxygens (including phenoxy) is 3. The highest BCUT2D eigenvalue weighted by Gasteiger charge is 2.33. The molecule has 0 spiro atoms. The molecular formula is C38H26ClF7O9S2. The minimum atomic E-state index is -5.00. The molecule has 300 valence electrons. The van der Waals surface area contributed by atoms with E-state index >= 15 is 0 Å². The van der Waals surface area contributed by atoms with Crippen molar-refractivity contribution in [1.82, 2.24) is 0 Å². The lowest BCUT2D eigenvalue weighted by atomic mass is 10.1. The first kappa shape index (κ1) is 42.7. The Labute approximate surface area is 325 Å². The quantitative estimate of drug-likeness (QED) is 0.0684. The van der Waals surface area contributed by atoms with Gasteiger partial charge in [0.2, 0.25) is 9.84 Å². The van der Waals surface area contributed by atoms with Gasteiger partial charge in [0.25, 0.3) is 0 Å². The Morgan fingerprint density at radius 2 is 1.11 bits per heavy atom. The van der Waals surface area contributed by atoms with Crippen molar-refractivity contribution in [2.45, 2.75) is 46.8 Å². The van der Waals surface area contributed by atoms with Crippen LogP contribution in [-0.4, -0.2) is 34.5 Å². The highest BCUT2D eigenvalue weighted by Crippen LogP contribution is 2.38. The zero-order chi connectivity index (χ0) is 41.9. The Kier molecular flexibility index (Phi) is 12.4. The predicted octanol–water partition coefficient (Wildman–Crippen LogP) is 9.58. The van der Waals surface area contributed by atoms with Gasteiger partial charge in [-0.05, 0) is 96.1 Å². The normalized spacial score (nSPS) is 12.2. The van der Waals surface area contributed by atoms with Crippen molar-refractivity contribution in [3.05, 3.63) is 136 Å². The third kappa shape index (κ3) is 10.7. The van der Waals surface area contributed by atoms with Crippen LogP contribution in [0.2, 0.25) is 5.02 Å². The van der Waals surface area contributed by atoms with Gasteiger partial charge in [-0.1, -0.05) is 36.7 Å². The van der Waals surface area contributed by atoms with Crippen molar-refractivity contribution in [3.63, 3.8) is 0 Å². The molecule has 0 saturated carbocycles. The van der Waals surface area contributed by atoms with Crippen LogP contribution in [0.3, 0.4) is 0 Å². The Morgan fingerprint density at radius 3 is 1.58 bits per heavy atom. The standard InChI is InChI=1S/C38H26ClF7O9S2/c1-2-56(49,50)29-8-11-34(32(40)21-29)54-27-15-23(13-25(19-27)38(44,45)46)17-36(48)55-35(47)16-22-12-24(37(41,42)43)18-26(14-22)53-33-10-9-30(20-31(33)39)57(51,52)28-6-4-3-5-7-28/h3-15,18-21H,2,16-17H2,1H3. The third-order valence-corrected chi connectivity index (χ3v) is 11.7. The van der Waals surface area contributed by atoms with Crippen LogP contribution in [0.5, 0.6) is 23.0 Å². The average molecular weight is 859 g/mol. The lowest BCUT2D eigenvalue weighted by molar-refractivity contribution is -0.158. The van der Waals surface area contributed by atoms with Crippen LogP contribution >= 0.6 is 11.6 Å². The summed E-state index contributed by atoms with van der Waals surface area (Å²) < 4.78 is 163. The second-order valence-corrected chi connectivity index (χ2v) is 16.7. The lowest BCUT2D eigenvalue weighted by Gasteiger charge is -2.15. The molecule has 0 fully saturated rings. The van der Waals surface area contributed by atoms with E-state index in [0.717, 1.165) is 42.5 Å². The summed E-state index contributed by atoms with van der Waals surface area (Å²) in [6.45, 7) is 1.32. The number of carbonyl (C=O) groups is 2. The van der Waals surface area contributed by atoms with Crippen LogP contribution in [-0.2, 0) is 59.2 Å². The van der Waals surface area contributed by atoms with Gasteiger partial charge in [-0.15, -0.1) is 0 Å². The first-order valence-electron chi connectivity index (χ1n) is 16.2. The number of benzene rings is 5. The van der Waals surface area contributed by atoms with E-state index in [1.54, 1.807) is 6.07 Å². The van der Waals surface area contributed by atoms with E-state index in [1.807, 2.05) is 0 Å². The minimum Gasteiger partial charge on any atom is -0.456 e. The summed E-state index contributed by atoms with van der Waals surface area (Å²) in [5.41, 5.74) is -3.42. The van der Waals surface area contributed by atoms with Gasteiger partial charge < -0.3 is 14.2 Å². The molecule has 0 N–H and O–H groups in total. The van der Waals surface area contributed by atoms with Crippen LogP contribution in [0, 0.1) is 5.82 Å². The molecule has 0 atom stereocenters. The molecule has 0 aliphatic carbocycles. The number of alkyl halides is 6. The topological polar surface area (TPSA) is 130 Å². The fourth-order valence-corrected chi connectivity index (χ4v) is 7.63. The second kappa shape index (κ2) is 16.6.